The van der Waals surface area contributed by atoms with Crippen LogP contribution >= 0.6 is 0 Å². The minimum atomic E-state index is -0.0550. The number of hydrogen-bond donors (Lipinski definition) is 1. The van der Waals surface area contributed by atoms with Crippen molar-refractivity contribution in [3.05, 3.63) is 23.8 Å². The van der Waals surface area contributed by atoms with E-state index in [0.717, 1.165) is 0 Å². The van der Waals surface area contributed by atoms with Crippen molar-refractivity contribution < 1.29 is 14.3 Å². The molecule has 0 spiro atoms. The molecule has 0 aromatic heterocycles. The highest BCUT2D eigenvalue weighted by atomic mass is 16.5. The van der Waals surface area contributed by atoms with Crippen LogP contribution in [0.2, 0.25) is 0 Å². The number of benzene rings is 1. The molecule has 0 heterocycles. The third-order valence-corrected chi connectivity index (χ3v) is 2.22. The molecule has 17 heavy (non-hydrogen) atoms. The fourth-order valence-electron chi connectivity index (χ4n) is 1.56. The number of carbonyl (C=O) groups is 1. The van der Waals surface area contributed by atoms with E-state index in [-0.39, 0.29) is 18.3 Å². The Balaban J connectivity index is 3.15. The van der Waals surface area contributed by atoms with Crippen LogP contribution in [-0.4, -0.2) is 25.5 Å². The summed E-state index contributed by atoms with van der Waals surface area (Å²) in [5.74, 6) is 1.03. The average molecular weight is 237 g/mol. The van der Waals surface area contributed by atoms with E-state index in [1.807, 2.05) is 13.8 Å². The van der Waals surface area contributed by atoms with Crippen LogP contribution in [0.25, 0.3) is 0 Å². The lowest BCUT2D eigenvalue weighted by Crippen LogP contribution is -2.13. The third-order valence-electron chi connectivity index (χ3n) is 2.22. The molecule has 1 aromatic rings. The standard InChI is InChI=1S/C13H19NO3/c1-9(2)17-12-6-4-5-11(16-3)13(12)10(15)7-8-14/h4-6,9H,7-8,14H2,1-3H3. The molecule has 2 N–H and O–H groups in total. The van der Waals surface area contributed by atoms with Crippen molar-refractivity contribution in [2.24, 2.45) is 5.73 Å². The van der Waals surface area contributed by atoms with Crippen molar-refractivity contribution in [2.45, 2.75) is 26.4 Å². The van der Waals surface area contributed by atoms with Crippen molar-refractivity contribution in [2.75, 3.05) is 13.7 Å². The molecular weight excluding hydrogens is 218 g/mol. The zero-order chi connectivity index (χ0) is 12.8. The largest absolute Gasteiger partial charge is 0.496 e. The summed E-state index contributed by atoms with van der Waals surface area (Å²) in [7, 11) is 1.54. The molecule has 0 saturated heterocycles. The van der Waals surface area contributed by atoms with Gasteiger partial charge in [-0.3, -0.25) is 4.79 Å². The maximum absolute atomic E-state index is 12.0. The molecule has 4 nitrogen and oxygen atoms in total. The number of hydrogen-bond acceptors (Lipinski definition) is 4. The predicted octanol–water partition coefficient (Wildman–Crippen LogP) is 2.01. The number of Topliss-reactive ketones (excluding diaryl/α,β-unsaturated/α-hetero) is 1. The summed E-state index contributed by atoms with van der Waals surface area (Å²) in [4.78, 5) is 12.0. The molecule has 0 atom stereocenters. The van der Waals surface area contributed by atoms with E-state index < -0.39 is 0 Å². The second kappa shape index (κ2) is 6.25. The Labute approximate surface area is 102 Å². The summed E-state index contributed by atoms with van der Waals surface area (Å²) in [6, 6.07) is 5.32. The molecule has 0 aliphatic carbocycles. The van der Waals surface area contributed by atoms with Gasteiger partial charge < -0.3 is 15.2 Å². The Hall–Kier alpha value is -1.55. The number of ketones is 1. The number of ether oxygens (including phenoxy) is 2. The van der Waals surface area contributed by atoms with Gasteiger partial charge in [0.25, 0.3) is 0 Å². The SMILES string of the molecule is COc1cccc(OC(C)C)c1C(=O)CCN. The first-order chi connectivity index (χ1) is 8.10. The number of nitrogens with two attached hydrogens (primary N) is 1. The fraction of sp³-hybridized carbons (Fsp3) is 0.462. The lowest BCUT2D eigenvalue weighted by Gasteiger charge is -2.15. The van der Waals surface area contributed by atoms with Gasteiger partial charge >= 0.3 is 0 Å². The fourth-order valence-corrected chi connectivity index (χ4v) is 1.56. The number of methoxy groups -OCH3 is 1. The minimum Gasteiger partial charge on any atom is -0.496 e. The van der Waals surface area contributed by atoms with Gasteiger partial charge in [0.05, 0.1) is 13.2 Å². The Morgan fingerprint density at radius 3 is 2.53 bits per heavy atom. The molecule has 0 fully saturated rings. The van der Waals surface area contributed by atoms with Crippen LogP contribution in [0.3, 0.4) is 0 Å². The molecule has 0 bridgehead atoms. The maximum atomic E-state index is 12.0. The quantitative estimate of drug-likeness (QED) is 0.769. The van der Waals surface area contributed by atoms with Crippen LogP contribution in [0.1, 0.15) is 30.6 Å². The second-order valence-corrected chi connectivity index (χ2v) is 3.96. The Bertz CT molecular complexity index is 388. The van der Waals surface area contributed by atoms with E-state index in [2.05, 4.69) is 0 Å². The van der Waals surface area contributed by atoms with Crippen molar-refractivity contribution in [3.63, 3.8) is 0 Å². The van der Waals surface area contributed by atoms with Crippen LogP contribution in [0.4, 0.5) is 0 Å². The van der Waals surface area contributed by atoms with Gasteiger partial charge in [0, 0.05) is 6.42 Å². The van der Waals surface area contributed by atoms with Crippen molar-refractivity contribution >= 4 is 5.78 Å². The van der Waals surface area contributed by atoms with E-state index in [0.29, 0.717) is 23.6 Å². The lowest BCUT2D eigenvalue weighted by atomic mass is 10.1. The third kappa shape index (κ3) is 3.46. The second-order valence-electron chi connectivity index (χ2n) is 3.96. The maximum Gasteiger partial charge on any atom is 0.171 e. The Morgan fingerprint density at radius 2 is 2.00 bits per heavy atom. The van der Waals surface area contributed by atoms with Crippen molar-refractivity contribution in [3.8, 4) is 11.5 Å². The highest BCUT2D eigenvalue weighted by molar-refractivity contribution is 6.01. The van der Waals surface area contributed by atoms with Gasteiger partial charge in [0.1, 0.15) is 17.1 Å². The summed E-state index contributed by atoms with van der Waals surface area (Å²) in [5, 5.41) is 0. The summed E-state index contributed by atoms with van der Waals surface area (Å²) < 4.78 is 10.8. The average Bonchev–Trinajstić information content (AvgIpc) is 2.28. The predicted molar refractivity (Wildman–Crippen MR) is 66.8 cm³/mol. The highest BCUT2D eigenvalue weighted by Gasteiger charge is 2.18. The topological polar surface area (TPSA) is 61.5 Å². The lowest BCUT2D eigenvalue weighted by molar-refractivity contribution is 0.0976. The van der Waals surface area contributed by atoms with Gasteiger partial charge in [-0.15, -0.1) is 0 Å². The van der Waals surface area contributed by atoms with E-state index in [9.17, 15) is 4.79 Å². The molecule has 0 unspecified atom stereocenters. The highest BCUT2D eigenvalue weighted by Crippen LogP contribution is 2.30. The summed E-state index contributed by atoms with van der Waals surface area (Å²) in [6.45, 7) is 4.14. The van der Waals surface area contributed by atoms with Crippen LogP contribution in [0.5, 0.6) is 11.5 Å². The molecule has 0 aliphatic heterocycles. The van der Waals surface area contributed by atoms with E-state index in [1.54, 1.807) is 18.2 Å². The van der Waals surface area contributed by atoms with Crippen molar-refractivity contribution in [1.82, 2.24) is 0 Å². The van der Waals surface area contributed by atoms with Crippen LogP contribution in [0, 0.1) is 0 Å². The normalized spacial score (nSPS) is 10.4. The molecular formula is C13H19NO3. The first kappa shape index (κ1) is 13.5. The van der Waals surface area contributed by atoms with Gasteiger partial charge in [-0.25, -0.2) is 0 Å². The smallest absolute Gasteiger partial charge is 0.171 e. The van der Waals surface area contributed by atoms with E-state index in [4.69, 9.17) is 15.2 Å². The van der Waals surface area contributed by atoms with E-state index in [1.165, 1.54) is 7.11 Å². The summed E-state index contributed by atoms with van der Waals surface area (Å²) in [6.07, 6.45) is 0.293. The van der Waals surface area contributed by atoms with Gasteiger partial charge in [-0.1, -0.05) is 6.07 Å². The first-order valence-corrected chi connectivity index (χ1v) is 5.67. The minimum absolute atomic E-state index is 0.00605. The van der Waals surface area contributed by atoms with Crippen LogP contribution in [0.15, 0.2) is 18.2 Å². The van der Waals surface area contributed by atoms with Gasteiger partial charge in [0.15, 0.2) is 5.78 Å². The molecule has 1 rings (SSSR count). The molecule has 1 aromatic carbocycles. The number of carbonyl (C=O) groups excluding carboxylic acids is 1. The van der Waals surface area contributed by atoms with E-state index >= 15 is 0 Å². The Kier molecular flexibility index (Phi) is 4.97. The van der Waals surface area contributed by atoms with Gasteiger partial charge in [-0.2, -0.15) is 0 Å². The molecule has 4 heteroatoms. The molecule has 0 amide bonds. The Morgan fingerprint density at radius 1 is 1.35 bits per heavy atom. The zero-order valence-electron chi connectivity index (χ0n) is 10.5. The monoisotopic (exact) mass is 237 g/mol. The van der Waals surface area contributed by atoms with Gasteiger partial charge in [0.2, 0.25) is 0 Å². The van der Waals surface area contributed by atoms with Gasteiger partial charge in [-0.05, 0) is 32.5 Å². The van der Waals surface area contributed by atoms with Crippen molar-refractivity contribution in [1.29, 1.82) is 0 Å². The van der Waals surface area contributed by atoms with Crippen LogP contribution < -0.4 is 15.2 Å². The first-order valence-electron chi connectivity index (χ1n) is 5.67. The summed E-state index contributed by atoms with van der Waals surface area (Å²) in [5.41, 5.74) is 5.89. The number of rotatable bonds is 6. The zero-order valence-corrected chi connectivity index (χ0v) is 10.5. The van der Waals surface area contributed by atoms with Crippen LogP contribution in [-0.2, 0) is 0 Å². The molecule has 0 aliphatic rings. The summed E-state index contributed by atoms with van der Waals surface area (Å²) >= 11 is 0. The molecule has 0 saturated carbocycles. The molecule has 94 valence electrons. The molecule has 0 radical (unpaired) electrons.